The van der Waals surface area contributed by atoms with Crippen molar-refractivity contribution in [1.82, 2.24) is 0 Å². The number of hydrogen-bond donors (Lipinski definition) is 1. The highest BCUT2D eigenvalue weighted by molar-refractivity contribution is 6.15. The number of benzene rings is 1. The van der Waals surface area contributed by atoms with Crippen molar-refractivity contribution in [1.29, 1.82) is 0 Å². The van der Waals surface area contributed by atoms with Crippen LogP contribution in [0.1, 0.15) is 16.7 Å². The summed E-state index contributed by atoms with van der Waals surface area (Å²) in [5, 5.41) is 0. The van der Waals surface area contributed by atoms with E-state index >= 15 is 0 Å². The number of nitrogens with zero attached hydrogens (tertiary/aromatic N) is 1. The van der Waals surface area contributed by atoms with Gasteiger partial charge in [-0.05, 0) is 29.8 Å². The lowest BCUT2D eigenvalue weighted by molar-refractivity contribution is -0.143. The second kappa shape index (κ2) is 6.20. The van der Waals surface area contributed by atoms with Crippen LogP contribution in [0.2, 0.25) is 0 Å². The highest BCUT2D eigenvalue weighted by atomic mass is 19.4. The Morgan fingerprint density at radius 3 is 1.82 bits per heavy atom. The molecule has 0 saturated heterocycles. The summed E-state index contributed by atoms with van der Waals surface area (Å²) < 4.78 is 76.0. The minimum absolute atomic E-state index is 0.00477. The SMILES string of the molecule is C/N=C/C(=C\c1cc(C(F)(F)F)cc(C(F)(F)F)c1)C(N)=O. The molecule has 0 fully saturated rings. The molecule has 1 amide bonds. The lowest BCUT2D eigenvalue weighted by Gasteiger charge is -2.13. The first kappa shape index (κ1) is 17.7. The predicted octanol–water partition coefficient (Wildman–Crippen LogP) is 3.29. The molecule has 0 aromatic heterocycles. The number of primary amides is 1. The van der Waals surface area contributed by atoms with Gasteiger partial charge in [0.2, 0.25) is 5.91 Å². The van der Waals surface area contributed by atoms with Crippen LogP contribution in [0.4, 0.5) is 26.3 Å². The number of halogens is 6. The zero-order chi connectivity index (χ0) is 17.1. The zero-order valence-corrected chi connectivity index (χ0v) is 11.1. The third-order valence-electron chi connectivity index (χ3n) is 2.48. The van der Waals surface area contributed by atoms with Crippen LogP contribution in [0.15, 0.2) is 28.8 Å². The molecule has 1 aromatic rings. The minimum atomic E-state index is -4.96. The fourth-order valence-electron chi connectivity index (χ4n) is 1.55. The summed E-state index contributed by atoms with van der Waals surface area (Å²) >= 11 is 0. The summed E-state index contributed by atoms with van der Waals surface area (Å²) in [6, 6.07) is 0.971. The Hall–Kier alpha value is -2.32. The maximum absolute atomic E-state index is 12.7. The van der Waals surface area contributed by atoms with Gasteiger partial charge in [0.15, 0.2) is 0 Å². The van der Waals surface area contributed by atoms with E-state index in [-0.39, 0.29) is 11.6 Å². The molecule has 0 spiro atoms. The molecular formula is C13H10F6N2O. The summed E-state index contributed by atoms with van der Waals surface area (Å²) in [4.78, 5) is 14.5. The normalized spacial score (nSPS) is 13.7. The molecule has 0 bridgehead atoms. The molecule has 0 aliphatic heterocycles. The molecule has 2 N–H and O–H groups in total. The van der Waals surface area contributed by atoms with Crippen LogP contribution in [0, 0.1) is 0 Å². The van der Waals surface area contributed by atoms with Gasteiger partial charge in [-0.15, -0.1) is 0 Å². The second-order valence-corrected chi connectivity index (χ2v) is 4.19. The molecule has 120 valence electrons. The molecule has 0 heterocycles. The van der Waals surface area contributed by atoms with Gasteiger partial charge >= 0.3 is 12.4 Å². The van der Waals surface area contributed by atoms with Crippen molar-refractivity contribution < 1.29 is 31.1 Å². The highest BCUT2D eigenvalue weighted by Gasteiger charge is 2.36. The molecule has 0 aliphatic rings. The molecule has 22 heavy (non-hydrogen) atoms. The van der Waals surface area contributed by atoms with E-state index in [1.54, 1.807) is 0 Å². The fraction of sp³-hybridized carbons (Fsp3) is 0.231. The molecular weight excluding hydrogens is 314 g/mol. The Morgan fingerprint density at radius 2 is 1.50 bits per heavy atom. The van der Waals surface area contributed by atoms with Gasteiger partial charge in [-0.2, -0.15) is 26.3 Å². The van der Waals surface area contributed by atoms with Crippen molar-refractivity contribution in [2.75, 3.05) is 7.05 Å². The first-order valence-corrected chi connectivity index (χ1v) is 5.68. The summed E-state index contributed by atoms with van der Waals surface area (Å²) in [6.45, 7) is 0. The summed E-state index contributed by atoms with van der Waals surface area (Å²) in [6.07, 6.45) is -8.18. The molecule has 0 saturated carbocycles. The molecule has 0 atom stereocenters. The van der Waals surface area contributed by atoms with E-state index in [4.69, 9.17) is 5.73 Å². The summed E-state index contributed by atoms with van der Waals surface area (Å²) in [7, 11) is 1.27. The summed E-state index contributed by atoms with van der Waals surface area (Å²) in [5.41, 5.74) is 1.23. The zero-order valence-electron chi connectivity index (χ0n) is 11.1. The Labute approximate surface area is 121 Å². The van der Waals surface area contributed by atoms with Gasteiger partial charge in [0.25, 0.3) is 0 Å². The van der Waals surface area contributed by atoms with E-state index in [1.165, 1.54) is 7.05 Å². The molecule has 0 radical (unpaired) electrons. The van der Waals surface area contributed by atoms with Crippen molar-refractivity contribution in [3.05, 3.63) is 40.5 Å². The Bertz CT molecular complexity index is 596. The first-order chi connectivity index (χ1) is 9.95. The average Bonchev–Trinajstić information content (AvgIpc) is 2.35. The van der Waals surface area contributed by atoms with Crippen molar-refractivity contribution in [3.63, 3.8) is 0 Å². The molecule has 0 unspecified atom stereocenters. The minimum Gasteiger partial charge on any atom is -0.366 e. The van der Waals surface area contributed by atoms with E-state index in [2.05, 4.69) is 4.99 Å². The number of alkyl halides is 6. The number of amides is 1. The van der Waals surface area contributed by atoms with Crippen molar-refractivity contribution >= 4 is 18.2 Å². The van der Waals surface area contributed by atoms with Gasteiger partial charge in [-0.3, -0.25) is 9.79 Å². The average molecular weight is 324 g/mol. The molecule has 1 rings (SSSR count). The van der Waals surface area contributed by atoms with Crippen LogP contribution in [0.5, 0.6) is 0 Å². The number of rotatable bonds is 3. The fourth-order valence-corrected chi connectivity index (χ4v) is 1.55. The van der Waals surface area contributed by atoms with Crippen molar-refractivity contribution in [3.8, 4) is 0 Å². The third-order valence-corrected chi connectivity index (χ3v) is 2.48. The van der Waals surface area contributed by atoms with E-state index in [9.17, 15) is 31.1 Å². The monoisotopic (exact) mass is 324 g/mol. The van der Waals surface area contributed by atoms with Gasteiger partial charge in [0, 0.05) is 13.3 Å². The van der Waals surface area contributed by atoms with E-state index in [0.717, 1.165) is 12.3 Å². The van der Waals surface area contributed by atoms with Crippen LogP contribution in [0.3, 0.4) is 0 Å². The molecule has 9 heteroatoms. The predicted molar refractivity (Wildman–Crippen MR) is 68.0 cm³/mol. The molecule has 1 aromatic carbocycles. The maximum Gasteiger partial charge on any atom is 0.416 e. The van der Waals surface area contributed by atoms with Gasteiger partial charge in [0.1, 0.15) is 0 Å². The Kier molecular flexibility index (Phi) is 5.00. The second-order valence-electron chi connectivity index (χ2n) is 4.19. The van der Waals surface area contributed by atoms with E-state index in [1.807, 2.05) is 0 Å². The van der Waals surface area contributed by atoms with Gasteiger partial charge < -0.3 is 5.73 Å². The smallest absolute Gasteiger partial charge is 0.366 e. The number of aliphatic imine (C=N–C) groups is 1. The van der Waals surface area contributed by atoms with Crippen LogP contribution in [-0.4, -0.2) is 19.2 Å². The standard InChI is InChI=1S/C13H10F6N2O/c1-21-6-8(11(20)22)2-7-3-9(12(14,15)16)5-10(4-7)13(17,18)19/h2-6H,1H3,(H2,20,22)/b8-2+,21-6+. The maximum atomic E-state index is 12.7. The van der Waals surface area contributed by atoms with Crippen LogP contribution in [-0.2, 0) is 17.1 Å². The highest BCUT2D eigenvalue weighted by Crippen LogP contribution is 2.36. The van der Waals surface area contributed by atoms with Crippen LogP contribution < -0.4 is 5.73 Å². The van der Waals surface area contributed by atoms with Crippen LogP contribution in [0.25, 0.3) is 6.08 Å². The quantitative estimate of drug-likeness (QED) is 0.518. The van der Waals surface area contributed by atoms with Gasteiger partial charge in [-0.1, -0.05) is 0 Å². The Morgan fingerprint density at radius 1 is 1.05 bits per heavy atom. The first-order valence-electron chi connectivity index (χ1n) is 5.68. The largest absolute Gasteiger partial charge is 0.416 e. The number of carbonyl (C=O) groups excluding carboxylic acids is 1. The number of nitrogens with two attached hydrogens (primary N) is 1. The topological polar surface area (TPSA) is 55.4 Å². The van der Waals surface area contributed by atoms with Gasteiger partial charge in [0.05, 0.1) is 16.7 Å². The summed E-state index contributed by atoms with van der Waals surface area (Å²) in [5.74, 6) is -1.03. The van der Waals surface area contributed by atoms with E-state index < -0.39 is 35.0 Å². The molecule has 0 aliphatic carbocycles. The van der Waals surface area contributed by atoms with Crippen molar-refractivity contribution in [2.24, 2.45) is 10.7 Å². The number of hydrogen-bond acceptors (Lipinski definition) is 2. The lowest BCUT2D eigenvalue weighted by atomic mass is 10.0. The van der Waals surface area contributed by atoms with Gasteiger partial charge in [-0.25, -0.2) is 0 Å². The lowest BCUT2D eigenvalue weighted by Crippen LogP contribution is -2.15. The third kappa shape index (κ3) is 4.61. The van der Waals surface area contributed by atoms with Crippen LogP contribution >= 0.6 is 0 Å². The van der Waals surface area contributed by atoms with E-state index in [0.29, 0.717) is 12.1 Å². The number of carbonyl (C=O) groups is 1. The Balaban J connectivity index is 3.54. The van der Waals surface area contributed by atoms with Crippen molar-refractivity contribution in [2.45, 2.75) is 12.4 Å². The molecule has 3 nitrogen and oxygen atoms in total.